The Morgan fingerprint density at radius 1 is 1.00 bits per heavy atom. The normalized spacial score (nSPS) is 17.0. The molecule has 0 radical (unpaired) electrons. The minimum Gasteiger partial charge on any atom is -0.381 e. The number of hydrogen-bond acceptors (Lipinski definition) is 4. The fraction of sp³-hybridized carbons (Fsp3) is 0.320. The molecule has 2 aliphatic heterocycles. The van der Waals surface area contributed by atoms with E-state index in [1.807, 2.05) is 58.1 Å². The van der Waals surface area contributed by atoms with Gasteiger partial charge in [-0.1, -0.05) is 18.2 Å². The number of amides is 3. The fourth-order valence-corrected chi connectivity index (χ4v) is 4.39. The highest BCUT2D eigenvalue weighted by Crippen LogP contribution is 2.26. The number of anilines is 2. The van der Waals surface area contributed by atoms with Crippen molar-refractivity contribution < 1.29 is 14.3 Å². The molecule has 4 heterocycles. The van der Waals surface area contributed by atoms with E-state index in [2.05, 4.69) is 21.7 Å². The SMILES string of the molecule is O=C(Nc1ccc(C2=CCN(C(=O)C3CCOCC3)CC2)cc1)Nc1ccc2nccn2c1. The molecule has 8 nitrogen and oxygen atoms in total. The van der Waals surface area contributed by atoms with Crippen LogP contribution in [0.4, 0.5) is 16.2 Å². The number of imidazole rings is 1. The molecule has 3 amide bonds. The number of nitrogens with one attached hydrogen (secondary N) is 2. The minimum absolute atomic E-state index is 0.104. The predicted molar refractivity (Wildman–Crippen MR) is 127 cm³/mol. The maximum absolute atomic E-state index is 12.7. The van der Waals surface area contributed by atoms with Crippen LogP contribution >= 0.6 is 0 Å². The number of carbonyl (C=O) groups excluding carboxylic acids is 2. The smallest absolute Gasteiger partial charge is 0.323 e. The summed E-state index contributed by atoms with van der Waals surface area (Å²) in [6, 6.07) is 11.2. The first-order valence-corrected chi connectivity index (χ1v) is 11.3. The second kappa shape index (κ2) is 9.46. The van der Waals surface area contributed by atoms with Gasteiger partial charge in [0.1, 0.15) is 5.65 Å². The number of benzene rings is 1. The zero-order valence-electron chi connectivity index (χ0n) is 18.4. The number of aromatic nitrogens is 2. The first kappa shape index (κ1) is 21.2. The molecule has 0 aliphatic carbocycles. The molecule has 5 rings (SSSR count). The molecule has 2 N–H and O–H groups in total. The van der Waals surface area contributed by atoms with Gasteiger partial charge in [0.15, 0.2) is 0 Å². The average molecular weight is 446 g/mol. The van der Waals surface area contributed by atoms with E-state index in [9.17, 15) is 9.59 Å². The Morgan fingerprint density at radius 3 is 2.52 bits per heavy atom. The Kier molecular flexibility index (Phi) is 6.08. The van der Waals surface area contributed by atoms with Crippen molar-refractivity contribution in [3.63, 3.8) is 0 Å². The van der Waals surface area contributed by atoms with Crippen LogP contribution in [0.25, 0.3) is 11.2 Å². The Hall–Kier alpha value is -3.65. The van der Waals surface area contributed by atoms with E-state index in [1.54, 1.807) is 6.20 Å². The van der Waals surface area contributed by atoms with E-state index in [4.69, 9.17) is 4.74 Å². The summed E-state index contributed by atoms with van der Waals surface area (Å²) < 4.78 is 7.22. The summed E-state index contributed by atoms with van der Waals surface area (Å²) in [5, 5.41) is 5.70. The molecule has 2 aromatic heterocycles. The Balaban J connectivity index is 1.16. The largest absolute Gasteiger partial charge is 0.381 e. The van der Waals surface area contributed by atoms with Gasteiger partial charge in [-0.05, 0) is 54.7 Å². The lowest BCUT2D eigenvalue weighted by Crippen LogP contribution is -2.40. The van der Waals surface area contributed by atoms with Gasteiger partial charge in [0.25, 0.3) is 0 Å². The van der Waals surface area contributed by atoms with Crippen molar-refractivity contribution in [2.45, 2.75) is 19.3 Å². The van der Waals surface area contributed by atoms with Crippen LogP contribution in [-0.2, 0) is 9.53 Å². The van der Waals surface area contributed by atoms with E-state index >= 15 is 0 Å². The highest BCUT2D eigenvalue weighted by molar-refractivity contribution is 5.99. The van der Waals surface area contributed by atoms with Crippen LogP contribution in [-0.4, -0.2) is 52.5 Å². The van der Waals surface area contributed by atoms with Crippen molar-refractivity contribution in [3.05, 3.63) is 66.6 Å². The molecular weight excluding hydrogens is 418 g/mol. The highest BCUT2D eigenvalue weighted by Gasteiger charge is 2.27. The number of pyridine rings is 1. The van der Waals surface area contributed by atoms with E-state index in [1.165, 1.54) is 5.57 Å². The monoisotopic (exact) mass is 445 g/mol. The summed E-state index contributed by atoms with van der Waals surface area (Å²) in [7, 11) is 0. The Morgan fingerprint density at radius 2 is 1.76 bits per heavy atom. The standard InChI is InChI=1S/C25H27N5O3/c31-24(20-9-15-33-16-10-20)29-12-7-19(8-13-29)18-1-3-21(4-2-18)27-25(32)28-22-5-6-23-26-11-14-30(23)17-22/h1-7,11,14,17,20H,8-10,12-13,15-16H2,(H2,27,28,32). The molecule has 1 aromatic carbocycles. The number of nitrogens with zero attached hydrogens (tertiary/aromatic N) is 3. The molecule has 33 heavy (non-hydrogen) atoms. The number of urea groups is 1. The van der Waals surface area contributed by atoms with Gasteiger partial charge in [0.2, 0.25) is 5.91 Å². The number of rotatable bonds is 4. The second-order valence-corrected chi connectivity index (χ2v) is 8.42. The molecule has 1 fully saturated rings. The van der Waals surface area contributed by atoms with Gasteiger partial charge in [-0.25, -0.2) is 9.78 Å². The lowest BCUT2D eigenvalue weighted by Gasteiger charge is -2.31. The van der Waals surface area contributed by atoms with Crippen molar-refractivity contribution in [1.29, 1.82) is 0 Å². The molecule has 0 bridgehead atoms. The topological polar surface area (TPSA) is 88.0 Å². The van der Waals surface area contributed by atoms with Crippen LogP contribution in [0.3, 0.4) is 0 Å². The molecule has 1 saturated heterocycles. The van der Waals surface area contributed by atoms with E-state index in [0.717, 1.165) is 37.0 Å². The average Bonchev–Trinajstić information content (AvgIpc) is 3.33. The number of carbonyl (C=O) groups is 2. The third kappa shape index (κ3) is 4.90. The summed E-state index contributed by atoms with van der Waals surface area (Å²) in [4.78, 5) is 31.2. The zero-order valence-corrected chi connectivity index (χ0v) is 18.4. The quantitative estimate of drug-likeness (QED) is 0.635. The summed E-state index contributed by atoms with van der Waals surface area (Å²) in [5.74, 6) is 0.360. The molecule has 8 heteroatoms. The molecular formula is C25H27N5O3. The van der Waals surface area contributed by atoms with E-state index in [0.29, 0.717) is 31.1 Å². The van der Waals surface area contributed by atoms with Crippen molar-refractivity contribution in [2.24, 2.45) is 5.92 Å². The van der Waals surface area contributed by atoms with E-state index < -0.39 is 0 Å². The predicted octanol–water partition coefficient (Wildman–Crippen LogP) is 4.02. The maximum Gasteiger partial charge on any atom is 0.323 e. The third-order valence-electron chi connectivity index (χ3n) is 6.25. The van der Waals surface area contributed by atoms with Gasteiger partial charge >= 0.3 is 6.03 Å². The first-order valence-electron chi connectivity index (χ1n) is 11.3. The van der Waals surface area contributed by atoms with Crippen LogP contribution in [0.2, 0.25) is 0 Å². The Labute approximate surface area is 192 Å². The van der Waals surface area contributed by atoms with Crippen molar-refractivity contribution in [1.82, 2.24) is 14.3 Å². The van der Waals surface area contributed by atoms with Crippen LogP contribution in [0.15, 0.2) is 61.1 Å². The molecule has 170 valence electrons. The molecule has 2 aliphatic rings. The summed E-state index contributed by atoms with van der Waals surface area (Å²) in [6.45, 7) is 2.76. The summed E-state index contributed by atoms with van der Waals surface area (Å²) >= 11 is 0. The van der Waals surface area contributed by atoms with E-state index in [-0.39, 0.29) is 17.9 Å². The van der Waals surface area contributed by atoms with Crippen LogP contribution in [0.5, 0.6) is 0 Å². The lowest BCUT2D eigenvalue weighted by atomic mass is 9.95. The van der Waals surface area contributed by atoms with Crippen LogP contribution < -0.4 is 10.6 Å². The molecule has 0 spiro atoms. The van der Waals surface area contributed by atoms with Crippen molar-refractivity contribution in [3.8, 4) is 0 Å². The van der Waals surface area contributed by atoms with Gasteiger partial charge in [0.05, 0.1) is 5.69 Å². The van der Waals surface area contributed by atoms with Gasteiger partial charge < -0.3 is 24.7 Å². The van der Waals surface area contributed by atoms with Gasteiger partial charge in [-0.3, -0.25) is 4.79 Å². The molecule has 0 saturated carbocycles. The van der Waals surface area contributed by atoms with Gasteiger partial charge in [-0.15, -0.1) is 0 Å². The minimum atomic E-state index is -0.304. The van der Waals surface area contributed by atoms with Gasteiger partial charge in [0, 0.05) is 56.5 Å². The first-order chi connectivity index (χ1) is 16.2. The lowest BCUT2D eigenvalue weighted by molar-refractivity contribution is -0.138. The fourth-order valence-electron chi connectivity index (χ4n) is 4.39. The maximum atomic E-state index is 12.7. The second-order valence-electron chi connectivity index (χ2n) is 8.42. The number of fused-ring (bicyclic) bond motifs is 1. The molecule has 0 atom stereocenters. The highest BCUT2D eigenvalue weighted by atomic mass is 16.5. The van der Waals surface area contributed by atoms with Crippen LogP contribution in [0, 0.1) is 5.92 Å². The van der Waals surface area contributed by atoms with Gasteiger partial charge in [-0.2, -0.15) is 0 Å². The number of hydrogen-bond donors (Lipinski definition) is 2. The summed E-state index contributed by atoms with van der Waals surface area (Å²) in [5.41, 5.74) is 4.57. The number of ether oxygens (including phenoxy) is 1. The molecule has 3 aromatic rings. The van der Waals surface area contributed by atoms with Crippen molar-refractivity contribution >= 4 is 34.5 Å². The Bertz CT molecular complexity index is 1180. The summed E-state index contributed by atoms with van der Waals surface area (Å²) in [6.07, 6.45) is 9.98. The molecule has 0 unspecified atom stereocenters. The van der Waals surface area contributed by atoms with Crippen LogP contribution in [0.1, 0.15) is 24.8 Å². The zero-order chi connectivity index (χ0) is 22.6. The third-order valence-corrected chi connectivity index (χ3v) is 6.25. The van der Waals surface area contributed by atoms with Crippen molar-refractivity contribution in [2.75, 3.05) is 36.9 Å².